The minimum absolute atomic E-state index is 0.158. The van der Waals surface area contributed by atoms with E-state index in [0.717, 1.165) is 12.1 Å². The molecule has 0 aromatic heterocycles. The summed E-state index contributed by atoms with van der Waals surface area (Å²) in [4.78, 5) is 11.9. The molecule has 1 aliphatic rings. The van der Waals surface area contributed by atoms with Crippen LogP contribution in [0.15, 0.2) is 24.3 Å². The van der Waals surface area contributed by atoms with Gasteiger partial charge in [-0.1, -0.05) is 12.1 Å². The molecule has 2 N–H and O–H groups in total. The zero-order valence-corrected chi connectivity index (χ0v) is 13.3. The van der Waals surface area contributed by atoms with E-state index < -0.39 is 48.4 Å². The molecule has 1 aliphatic carbocycles. The number of amides is 1. The molecule has 1 aromatic rings. The van der Waals surface area contributed by atoms with Crippen molar-refractivity contribution >= 4 is 5.91 Å². The summed E-state index contributed by atoms with van der Waals surface area (Å²) in [5.74, 6) is -1.09. The van der Waals surface area contributed by atoms with E-state index in [2.05, 4.69) is 10.1 Å². The number of hydrogen-bond donors (Lipinski definition) is 2. The molecule has 0 unspecified atom stereocenters. The van der Waals surface area contributed by atoms with E-state index in [9.17, 15) is 31.9 Å². The van der Waals surface area contributed by atoms with Crippen molar-refractivity contribution in [2.75, 3.05) is 0 Å². The highest BCUT2D eigenvalue weighted by atomic mass is 19.4. The Hall–Kier alpha value is -1.90. The molecule has 0 spiro atoms. The minimum atomic E-state index is -4.83. The van der Waals surface area contributed by atoms with E-state index in [4.69, 9.17) is 0 Å². The molecular formula is C16H18F5NO3. The lowest BCUT2D eigenvalue weighted by atomic mass is 9.96. The van der Waals surface area contributed by atoms with Gasteiger partial charge in [-0.15, -0.1) is 13.2 Å². The van der Waals surface area contributed by atoms with Gasteiger partial charge in [0.1, 0.15) is 5.75 Å². The molecule has 0 radical (unpaired) electrons. The number of carbonyl (C=O) groups is 1. The fourth-order valence-corrected chi connectivity index (χ4v) is 2.58. The van der Waals surface area contributed by atoms with Crippen LogP contribution in [0.2, 0.25) is 0 Å². The molecule has 0 aliphatic heterocycles. The Morgan fingerprint density at radius 1 is 1.36 bits per heavy atom. The summed E-state index contributed by atoms with van der Waals surface area (Å²) < 4.78 is 66.3. The maximum atomic E-state index is 12.9. The second-order valence-electron chi connectivity index (χ2n) is 6.16. The monoisotopic (exact) mass is 367 g/mol. The topological polar surface area (TPSA) is 58.6 Å². The molecule has 2 atom stereocenters. The van der Waals surface area contributed by atoms with Crippen molar-refractivity contribution in [2.24, 2.45) is 5.41 Å². The average Bonchev–Trinajstić information content (AvgIpc) is 3.27. The number of carbonyl (C=O) groups excluding carboxylic acids is 1. The Labute approximate surface area is 141 Å². The van der Waals surface area contributed by atoms with Crippen LogP contribution >= 0.6 is 0 Å². The van der Waals surface area contributed by atoms with Gasteiger partial charge < -0.3 is 15.2 Å². The lowest BCUT2D eigenvalue weighted by molar-refractivity contribution is -0.274. The van der Waals surface area contributed by atoms with Crippen molar-refractivity contribution in [3.8, 4) is 5.75 Å². The van der Waals surface area contributed by atoms with Crippen LogP contribution in [0, 0.1) is 5.41 Å². The third-order valence-electron chi connectivity index (χ3n) is 4.27. The Morgan fingerprint density at radius 3 is 2.52 bits per heavy atom. The van der Waals surface area contributed by atoms with Crippen LogP contribution in [-0.2, 0) is 4.79 Å². The van der Waals surface area contributed by atoms with Gasteiger partial charge in [-0.2, -0.15) is 0 Å². The first-order valence-corrected chi connectivity index (χ1v) is 7.65. The van der Waals surface area contributed by atoms with Crippen LogP contribution in [0.1, 0.15) is 37.8 Å². The first kappa shape index (κ1) is 19.4. The Kier molecular flexibility index (Phi) is 5.55. The molecule has 0 bridgehead atoms. The number of alkyl halides is 5. The van der Waals surface area contributed by atoms with Gasteiger partial charge in [0.05, 0.1) is 24.0 Å². The largest absolute Gasteiger partial charge is 0.573 e. The zero-order valence-electron chi connectivity index (χ0n) is 13.3. The van der Waals surface area contributed by atoms with Crippen molar-refractivity contribution in [3.63, 3.8) is 0 Å². The summed E-state index contributed by atoms with van der Waals surface area (Å²) in [6.07, 6.45) is -9.17. The van der Waals surface area contributed by atoms with Crippen LogP contribution in [0.5, 0.6) is 5.75 Å². The maximum absolute atomic E-state index is 12.9. The van der Waals surface area contributed by atoms with Gasteiger partial charge >= 0.3 is 6.36 Å². The minimum Gasteiger partial charge on any atom is -0.406 e. The number of nitrogens with one attached hydrogen (secondary N) is 1. The fourth-order valence-electron chi connectivity index (χ4n) is 2.58. The summed E-state index contributed by atoms with van der Waals surface area (Å²) in [7, 11) is 0. The van der Waals surface area contributed by atoms with E-state index in [1.54, 1.807) is 0 Å². The standard InChI is InChI=1S/C16H18F5NO3/c1-9(10-3-2-4-11(7-10)25-16(19,20)21)22-13(24)8-12(23)15(5-6-15)14(17)18/h2-4,7,9,12,14,23H,5-6,8H2,1H3,(H,22,24)/t9-,12+/m0/s1. The number of ether oxygens (including phenoxy) is 1. The van der Waals surface area contributed by atoms with E-state index in [0.29, 0.717) is 5.56 Å². The molecule has 1 aromatic carbocycles. The summed E-state index contributed by atoms with van der Waals surface area (Å²) in [5, 5.41) is 12.3. The van der Waals surface area contributed by atoms with Gasteiger partial charge in [0.2, 0.25) is 12.3 Å². The molecule has 0 saturated heterocycles. The van der Waals surface area contributed by atoms with Crippen LogP contribution in [0.4, 0.5) is 22.0 Å². The molecule has 2 rings (SSSR count). The highest BCUT2D eigenvalue weighted by molar-refractivity contribution is 5.77. The van der Waals surface area contributed by atoms with Crippen molar-refractivity contribution in [1.29, 1.82) is 0 Å². The highest BCUT2D eigenvalue weighted by Gasteiger charge is 2.56. The normalized spacial score (nSPS) is 18.6. The molecule has 9 heteroatoms. The van der Waals surface area contributed by atoms with E-state index in [-0.39, 0.29) is 12.8 Å². The lowest BCUT2D eigenvalue weighted by Crippen LogP contribution is -2.36. The third-order valence-corrected chi connectivity index (χ3v) is 4.27. The summed E-state index contributed by atoms with van der Waals surface area (Å²) >= 11 is 0. The number of halogens is 5. The van der Waals surface area contributed by atoms with Gasteiger partial charge in [0.15, 0.2) is 0 Å². The van der Waals surface area contributed by atoms with Crippen molar-refractivity contribution in [2.45, 2.75) is 51.1 Å². The van der Waals surface area contributed by atoms with Gasteiger partial charge in [-0.05, 0) is 37.5 Å². The molecule has 140 valence electrons. The molecule has 1 saturated carbocycles. The summed E-state index contributed by atoms with van der Waals surface area (Å²) in [5.41, 5.74) is -1.17. The third kappa shape index (κ3) is 5.04. The van der Waals surface area contributed by atoms with E-state index in [1.165, 1.54) is 19.1 Å². The lowest BCUT2D eigenvalue weighted by Gasteiger charge is -2.22. The first-order chi connectivity index (χ1) is 11.5. The average molecular weight is 367 g/mol. The second kappa shape index (κ2) is 7.15. The van der Waals surface area contributed by atoms with Crippen LogP contribution < -0.4 is 10.1 Å². The van der Waals surface area contributed by atoms with Gasteiger partial charge in [-0.25, -0.2) is 8.78 Å². The number of hydrogen-bond acceptors (Lipinski definition) is 3. The molecule has 1 amide bonds. The van der Waals surface area contributed by atoms with Crippen LogP contribution in [0.25, 0.3) is 0 Å². The Morgan fingerprint density at radius 2 is 2.00 bits per heavy atom. The molecular weight excluding hydrogens is 349 g/mol. The first-order valence-electron chi connectivity index (χ1n) is 7.65. The Bertz CT molecular complexity index is 616. The predicted octanol–water partition coefficient (Wildman–Crippen LogP) is 3.56. The van der Waals surface area contributed by atoms with Gasteiger partial charge in [0.25, 0.3) is 0 Å². The predicted molar refractivity (Wildman–Crippen MR) is 78.0 cm³/mol. The zero-order chi connectivity index (χ0) is 18.8. The number of rotatable bonds is 7. The smallest absolute Gasteiger partial charge is 0.406 e. The molecule has 1 fully saturated rings. The maximum Gasteiger partial charge on any atom is 0.573 e. The van der Waals surface area contributed by atoms with Gasteiger partial charge in [-0.3, -0.25) is 4.79 Å². The quantitative estimate of drug-likeness (QED) is 0.725. The van der Waals surface area contributed by atoms with Crippen molar-refractivity contribution in [1.82, 2.24) is 5.32 Å². The fraction of sp³-hybridized carbons (Fsp3) is 0.562. The molecule has 25 heavy (non-hydrogen) atoms. The van der Waals surface area contributed by atoms with Crippen molar-refractivity contribution < 1.29 is 36.6 Å². The number of aliphatic hydroxyl groups is 1. The summed E-state index contributed by atoms with van der Waals surface area (Å²) in [6, 6.07) is 4.39. The molecule has 0 heterocycles. The van der Waals surface area contributed by atoms with E-state index >= 15 is 0 Å². The van der Waals surface area contributed by atoms with Crippen LogP contribution in [0.3, 0.4) is 0 Å². The Balaban J connectivity index is 1.94. The number of benzene rings is 1. The second-order valence-corrected chi connectivity index (χ2v) is 6.16. The highest BCUT2D eigenvalue weighted by Crippen LogP contribution is 2.54. The SMILES string of the molecule is C[C@H](NC(=O)C[C@@H](O)C1(C(F)F)CC1)c1cccc(OC(F)(F)F)c1. The molecule has 4 nitrogen and oxygen atoms in total. The van der Waals surface area contributed by atoms with Gasteiger partial charge in [0, 0.05) is 0 Å². The van der Waals surface area contributed by atoms with E-state index in [1.807, 2.05) is 0 Å². The van der Waals surface area contributed by atoms with Crippen molar-refractivity contribution in [3.05, 3.63) is 29.8 Å². The number of aliphatic hydroxyl groups excluding tert-OH is 1. The summed E-state index contributed by atoms with van der Waals surface area (Å²) in [6.45, 7) is 1.52. The van der Waals surface area contributed by atoms with Crippen LogP contribution in [-0.4, -0.2) is 29.9 Å².